The fourth-order valence-corrected chi connectivity index (χ4v) is 2.75. The number of rotatable bonds is 4. The van der Waals surface area contributed by atoms with Gasteiger partial charge in [-0.1, -0.05) is 17.7 Å². The van der Waals surface area contributed by atoms with Crippen LogP contribution in [-0.2, 0) is 0 Å². The fourth-order valence-electron chi connectivity index (χ4n) is 2.46. The molecule has 1 atom stereocenters. The summed E-state index contributed by atoms with van der Waals surface area (Å²) in [6.07, 6.45) is 2.20. The van der Waals surface area contributed by atoms with Gasteiger partial charge in [0.15, 0.2) is 5.96 Å². The van der Waals surface area contributed by atoms with E-state index in [4.69, 9.17) is 23.1 Å². The predicted octanol–water partition coefficient (Wildman–Crippen LogP) is 1.89. The maximum Gasteiger partial charge on any atom is 0.185 e. The van der Waals surface area contributed by atoms with Crippen LogP contribution in [0.2, 0.25) is 5.02 Å². The first kappa shape index (κ1) is 14.1. The van der Waals surface area contributed by atoms with Crippen LogP contribution in [0.3, 0.4) is 0 Å². The van der Waals surface area contributed by atoms with Gasteiger partial charge in [0.05, 0.1) is 12.6 Å². The molecule has 0 aliphatic carbocycles. The van der Waals surface area contributed by atoms with Gasteiger partial charge in [-0.2, -0.15) is 0 Å². The predicted molar refractivity (Wildman–Crippen MR) is 75.6 cm³/mol. The molecule has 0 spiro atoms. The Balaban J connectivity index is 2.33. The maximum absolute atomic E-state index is 14.1. The highest BCUT2D eigenvalue weighted by Crippen LogP contribution is 2.32. The van der Waals surface area contributed by atoms with E-state index in [2.05, 4.69) is 9.89 Å². The molecule has 1 fully saturated rings. The molecule has 1 heterocycles. The van der Waals surface area contributed by atoms with Crippen LogP contribution in [0.1, 0.15) is 24.4 Å². The van der Waals surface area contributed by atoms with Crippen LogP contribution in [0.25, 0.3) is 0 Å². The number of benzene rings is 1. The van der Waals surface area contributed by atoms with Crippen molar-refractivity contribution in [1.29, 1.82) is 0 Å². The van der Waals surface area contributed by atoms with Crippen molar-refractivity contribution in [3.05, 3.63) is 34.6 Å². The lowest BCUT2D eigenvalue weighted by Gasteiger charge is -2.27. The Morgan fingerprint density at radius 3 is 2.63 bits per heavy atom. The Labute approximate surface area is 117 Å². The molecule has 4 N–H and O–H groups in total. The van der Waals surface area contributed by atoms with Crippen molar-refractivity contribution >= 4 is 17.6 Å². The molecule has 1 aliphatic rings. The zero-order valence-electron chi connectivity index (χ0n) is 10.6. The van der Waals surface area contributed by atoms with E-state index in [1.54, 1.807) is 12.1 Å². The molecule has 0 unspecified atom stereocenters. The van der Waals surface area contributed by atoms with Crippen LogP contribution in [0.5, 0.6) is 0 Å². The largest absolute Gasteiger partial charge is 0.370 e. The number of halogens is 2. The summed E-state index contributed by atoms with van der Waals surface area (Å²) in [7, 11) is 0. The quantitative estimate of drug-likeness (QED) is 0.655. The molecule has 0 bridgehead atoms. The highest BCUT2D eigenvalue weighted by atomic mass is 35.5. The number of hydrogen-bond donors (Lipinski definition) is 2. The molecule has 0 aromatic heterocycles. The average molecular weight is 285 g/mol. The van der Waals surface area contributed by atoms with E-state index in [1.165, 1.54) is 6.07 Å². The molecule has 0 amide bonds. The second-order valence-corrected chi connectivity index (χ2v) is 5.07. The molecule has 2 rings (SSSR count). The molecule has 1 aromatic rings. The Morgan fingerprint density at radius 2 is 2.05 bits per heavy atom. The number of nitrogens with zero attached hydrogens (tertiary/aromatic N) is 2. The molecule has 4 nitrogen and oxygen atoms in total. The van der Waals surface area contributed by atoms with Gasteiger partial charge < -0.3 is 11.5 Å². The summed E-state index contributed by atoms with van der Waals surface area (Å²) in [5.41, 5.74) is 11.2. The lowest BCUT2D eigenvalue weighted by atomic mass is 10.0. The molecule has 0 radical (unpaired) electrons. The summed E-state index contributed by atoms with van der Waals surface area (Å²) in [6.45, 7) is 2.15. The fraction of sp³-hybridized carbons (Fsp3) is 0.462. The third-order valence-electron chi connectivity index (χ3n) is 3.36. The molecule has 1 aliphatic heterocycles. The minimum atomic E-state index is -0.310. The van der Waals surface area contributed by atoms with Gasteiger partial charge >= 0.3 is 0 Å². The van der Waals surface area contributed by atoms with E-state index in [1.807, 2.05) is 0 Å². The Bertz CT molecular complexity index is 447. The molecule has 104 valence electrons. The van der Waals surface area contributed by atoms with E-state index in [0.29, 0.717) is 17.1 Å². The van der Waals surface area contributed by atoms with E-state index >= 15 is 0 Å². The summed E-state index contributed by atoms with van der Waals surface area (Å²) in [4.78, 5) is 6.21. The van der Waals surface area contributed by atoms with E-state index in [0.717, 1.165) is 25.9 Å². The van der Waals surface area contributed by atoms with Crippen molar-refractivity contribution in [2.24, 2.45) is 16.5 Å². The van der Waals surface area contributed by atoms with Crippen molar-refractivity contribution in [2.75, 3.05) is 19.6 Å². The smallest absolute Gasteiger partial charge is 0.185 e. The van der Waals surface area contributed by atoms with Gasteiger partial charge in [0, 0.05) is 10.6 Å². The van der Waals surface area contributed by atoms with Gasteiger partial charge in [-0.05, 0) is 38.1 Å². The van der Waals surface area contributed by atoms with Crippen LogP contribution in [0.15, 0.2) is 23.2 Å². The van der Waals surface area contributed by atoms with E-state index in [-0.39, 0.29) is 17.8 Å². The van der Waals surface area contributed by atoms with Gasteiger partial charge in [-0.3, -0.25) is 9.89 Å². The molecular formula is C13H18ClFN4. The van der Waals surface area contributed by atoms with Gasteiger partial charge in [0.1, 0.15) is 5.82 Å². The highest BCUT2D eigenvalue weighted by molar-refractivity contribution is 6.31. The lowest BCUT2D eigenvalue weighted by Crippen LogP contribution is -2.31. The standard InChI is InChI=1S/C13H18ClFN4/c14-9-4-3-5-10(15)12(9)11(8-18-13(16)17)19-6-1-2-7-19/h3-5,11H,1-2,6-8H2,(H4,16,17,18)/t11-/m0/s1. The van der Waals surface area contributed by atoms with Crippen molar-refractivity contribution in [3.8, 4) is 0 Å². The third kappa shape index (κ3) is 3.36. The van der Waals surface area contributed by atoms with E-state index < -0.39 is 0 Å². The monoisotopic (exact) mass is 284 g/mol. The summed E-state index contributed by atoms with van der Waals surface area (Å²) in [6, 6.07) is 4.50. The zero-order valence-corrected chi connectivity index (χ0v) is 11.4. The van der Waals surface area contributed by atoms with Crippen LogP contribution < -0.4 is 11.5 Å². The van der Waals surface area contributed by atoms with Crippen LogP contribution >= 0.6 is 11.6 Å². The average Bonchev–Trinajstić information content (AvgIpc) is 2.86. The molecule has 1 saturated heterocycles. The Kier molecular flexibility index (Phi) is 4.61. The minimum absolute atomic E-state index is 0.0108. The number of nitrogens with two attached hydrogens (primary N) is 2. The van der Waals surface area contributed by atoms with Gasteiger partial charge in [0.25, 0.3) is 0 Å². The van der Waals surface area contributed by atoms with Crippen LogP contribution in [-0.4, -0.2) is 30.5 Å². The van der Waals surface area contributed by atoms with Crippen molar-refractivity contribution in [2.45, 2.75) is 18.9 Å². The first-order valence-electron chi connectivity index (χ1n) is 6.33. The first-order chi connectivity index (χ1) is 9.09. The summed E-state index contributed by atoms with van der Waals surface area (Å²) < 4.78 is 14.1. The lowest BCUT2D eigenvalue weighted by molar-refractivity contribution is 0.246. The van der Waals surface area contributed by atoms with Crippen LogP contribution in [0.4, 0.5) is 4.39 Å². The Hall–Kier alpha value is -1.33. The van der Waals surface area contributed by atoms with Gasteiger partial charge in [0.2, 0.25) is 0 Å². The van der Waals surface area contributed by atoms with Gasteiger partial charge in [-0.25, -0.2) is 4.39 Å². The van der Waals surface area contributed by atoms with Crippen molar-refractivity contribution in [3.63, 3.8) is 0 Å². The minimum Gasteiger partial charge on any atom is -0.370 e. The summed E-state index contributed by atoms with van der Waals surface area (Å²) >= 11 is 6.14. The summed E-state index contributed by atoms with van der Waals surface area (Å²) in [5, 5.41) is 0.419. The van der Waals surface area contributed by atoms with Crippen molar-refractivity contribution in [1.82, 2.24) is 4.90 Å². The number of likely N-dealkylation sites (tertiary alicyclic amines) is 1. The normalized spacial score (nSPS) is 17.4. The Morgan fingerprint density at radius 1 is 1.37 bits per heavy atom. The van der Waals surface area contributed by atoms with E-state index in [9.17, 15) is 4.39 Å². The SMILES string of the molecule is NC(N)=NC[C@@H](c1c(F)cccc1Cl)N1CCCC1. The maximum atomic E-state index is 14.1. The first-order valence-corrected chi connectivity index (χ1v) is 6.70. The number of guanidine groups is 1. The van der Waals surface area contributed by atoms with Crippen LogP contribution in [0, 0.1) is 5.82 Å². The number of aliphatic imine (C=N–C) groups is 1. The molecule has 6 heteroatoms. The molecular weight excluding hydrogens is 267 g/mol. The summed E-state index contributed by atoms with van der Waals surface area (Å²) in [5.74, 6) is -0.299. The molecule has 0 saturated carbocycles. The van der Waals surface area contributed by atoms with Gasteiger partial charge in [-0.15, -0.1) is 0 Å². The highest BCUT2D eigenvalue weighted by Gasteiger charge is 2.27. The number of hydrogen-bond acceptors (Lipinski definition) is 2. The second-order valence-electron chi connectivity index (χ2n) is 4.66. The second kappa shape index (κ2) is 6.21. The zero-order chi connectivity index (χ0) is 13.8. The topological polar surface area (TPSA) is 67.6 Å². The third-order valence-corrected chi connectivity index (χ3v) is 3.69. The molecule has 19 heavy (non-hydrogen) atoms. The van der Waals surface area contributed by atoms with Crippen molar-refractivity contribution < 1.29 is 4.39 Å². The molecule has 1 aromatic carbocycles.